The van der Waals surface area contributed by atoms with Gasteiger partial charge in [-0.05, 0) is 17.7 Å². The molecule has 0 bridgehead atoms. The Kier molecular flexibility index (Phi) is 2.06. The van der Waals surface area contributed by atoms with Gasteiger partial charge >= 0.3 is 0 Å². The Labute approximate surface area is 75.4 Å². The van der Waals surface area contributed by atoms with E-state index in [0.717, 1.165) is 11.1 Å². The van der Waals surface area contributed by atoms with Gasteiger partial charge in [-0.2, -0.15) is 0 Å². The lowest BCUT2D eigenvalue weighted by Crippen LogP contribution is -1.95. The first-order valence-electron chi connectivity index (χ1n) is 3.95. The molecule has 4 nitrogen and oxygen atoms in total. The van der Waals surface area contributed by atoms with E-state index in [1.54, 1.807) is 0 Å². The van der Waals surface area contributed by atoms with Gasteiger partial charge in [-0.25, -0.2) is 0 Å². The quantitative estimate of drug-likeness (QED) is 0.744. The lowest BCUT2D eigenvalue weighted by molar-refractivity contribution is 0.568. The average Bonchev–Trinajstić information content (AvgIpc) is 2.71. The summed E-state index contributed by atoms with van der Waals surface area (Å²) < 4.78 is 5.06. The van der Waals surface area contributed by atoms with Gasteiger partial charge in [0.25, 0.3) is 0 Å². The number of hydrogen-bond acceptors (Lipinski definition) is 4. The molecule has 0 saturated heterocycles. The summed E-state index contributed by atoms with van der Waals surface area (Å²) in [5.74, 6) is 0.523. The summed E-state index contributed by atoms with van der Waals surface area (Å²) in [5.41, 5.74) is 7.46. The largest absolute Gasteiger partial charge is 0.423 e. The first-order valence-corrected chi connectivity index (χ1v) is 3.95. The van der Waals surface area contributed by atoms with Crippen LogP contribution in [0.25, 0.3) is 11.5 Å². The first kappa shape index (κ1) is 7.94. The third-order valence-electron chi connectivity index (χ3n) is 1.77. The molecule has 66 valence electrons. The molecule has 0 spiro atoms. The zero-order valence-corrected chi connectivity index (χ0v) is 6.97. The van der Waals surface area contributed by atoms with Crippen LogP contribution in [0.2, 0.25) is 0 Å². The summed E-state index contributed by atoms with van der Waals surface area (Å²) in [6.45, 7) is 0.516. The van der Waals surface area contributed by atoms with E-state index in [-0.39, 0.29) is 0 Å². The third-order valence-corrected chi connectivity index (χ3v) is 1.77. The van der Waals surface area contributed by atoms with Crippen molar-refractivity contribution in [2.75, 3.05) is 0 Å². The third kappa shape index (κ3) is 1.57. The Hall–Kier alpha value is -1.68. The Bertz CT molecular complexity index is 384. The van der Waals surface area contributed by atoms with E-state index in [9.17, 15) is 0 Å². The number of rotatable bonds is 2. The van der Waals surface area contributed by atoms with E-state index in [0.29, 0.717) is 12.4 Å². The Morgan fingerprint density at radius 3 is 3.00 bits per heavy atom. The fraction of sp³-hybridized carbons (Fsp3) is 0.111. The highest BCUT2D eigenvalue weighted by Crippen LogP contribution is 2.16. The molecule has 0 aliphatic heterocycles. The number of aromatic nitrogens is 2. The molecule has 0 aliphatic rings. The van der Waals surface area contributed by atoms with Crippen LogP contribution in [-0.2, 0) is 6.54 Å². The normalized spacial score (nSPS) is 10.2. The molecule has 2 aromatic rings. The minimum atomic E-state index is 0.516. The van der Waals surface area contributed by atoms with E-state index in [2.05, 4.69) is 10.2 Å². The maximum atomic E-state index is 5.51. The number of benzene rings is 1. The summed E-state index contributed by atoms with van der Waals surface area (Å²) in [6, 6.07) is 7.72. The molecule has 1 aromatic heterocycles. The van der Waals surface area contributed by atoms with Crippen molar-refractivity contribution in [3.05, 3.63) is 36.2 Å². The van der Waals surface area contributed by atoms with Gasteiger partial charge in [0.2, 0.25) is 12.3 Å². The van der Waals surface area contributed by atoms with Gasteiger partial charge < -0.3 is 10.2 Å². The second-order valence-corrected chi connectivity index (χ2v) is 2.65. The molecule has 1 aromatic carbocycles. The summed E-state index contributed by atoms with van der Waals surface area (Å²) in [7, 11) is 0. The zero-order valence-electron chi connectivity index (χ0n) is 6.97. The van der Waals surface area contributed by atoms with Crippen LogP contribution in [0.4, 0.5) is 0 Å². The van der Waals surface area contributed by atoms with Crippen molar-refractivity contribution in [2.24, 2.45) is 5.73 Å². The van der Waals surface area contributed by atoms with Crippen molar-refractivity contribution in [1.82, 2.24) is 10.2 Å². The maximum Gasteiger partial charge on any atom is 0.247 e. The smallest absolute Gasteiger partial charge is 0.247 e. The highest BCUT2D eigenvalue weighted by molar-refractivity contribution is 5.53. The molecular formula is C9H9N3O. The van der Waals surface area contributed by atoms with Crippen molar-refractivity contribution in [3.8, 4) is 11.5 Å². The van der Waals surface area contributed by atoms with Crippen LogP contribution in [0.5, 0.6) is 0 Å². The second-order valence-electron chi connectivity index (χ2n) is 2.65. The van der Waals surface area contributed by atoms with E-state index in [1.165, 1.54) is 6.39 Å². The van der Waals surface area contributed by atoms with Gasteiger partial charge in [0.15, 0.2) is 0 Å². The zero-order chi connectivity index (χ0) is 9.10. The number of hydrogen-bond donors (Lipinski definition) is 1. The van der Waals surface area contributed by atoms with Crippen LogP contribution in [0.15, 0.2) is 35.1 Å². The van der Waals surface area contributed by atoms with Gasteiger partial charge in [0, 0.05) is 12.1 Å². The van der Waals surface area contributed by atoms with E-state index < -0.39 is 0 Å². The second kappa shape index (κ2) is 3.37. The summed E-state index contributed by atoms with van der Waals surface area (Å²) >= 11 is 0. The van der Waals surface area contributed by atoms with E-state index >= 15 is 0 Å². The van der Waals surface area contributed by atoms with Crippen LogP contribution in [0, 0.1) is 0 Å². The molecule has 1 heterocycles. The first-order chi connectivity index (χ1) is 6.40. The van der Waals surface area contributed by atoms with Crippen molar-refractivity contribution in [3.63, 3.8) is 0 Å². The molecule has 0 fully saturated rings. The fourth-order valence-electron chi connectivity index (χ4n) is 1.13. The van der Waals surface area contributed by atoms with Crippen LogP contribution >= 0.6 is 0 Å². The number of nitrogens with two attached hydrogens (primary N) is 1. The highest BCUT2D eigenvalue weighted by atomic mass is 16.4. The molecule has 0 radical (unpaired) electrons. The van der Waals surface area contributed by atoms with Gasteiger partial charge in [-0.15, -0.1) is 10.2 Å². The molecule has 0 atom stereocenters. The molecule has 0 saturated carbocycles. The Morgan fingerprint density at radius 2 is 2.31 bits per heavy atom. The maximum absolute atomic E-state index is 5.51. The SMILES string of the molecule is NCc1cccc(-c2nnco2)c1. The van der Waals surface area contributed by atoms with Crippen molar-refractivity contribution in [2.45, 2.75) is 6.54 Å². The summed E-state index contributed by atoms with van der Waals surface area (Å²) in [4.78, 5) is 0. The lowest BCUT2D eigenvalue weighted by Gasteiger charge is -1.97. The van der Waals surface area contributed by atoms with Gasteiger partial charge in [-0.3, -0.25) is 0 Å². The molecular weight excluding hydrogens is 166 g/mol. The molecule has 2 rings (SSSR count). The molecule has 4 heteroatoms. The van der Waals surface area contributed by atoms with Crippen LogP contribution in [0.3, 0.4) is 0 Å². The molecule has 0 unspecified atom stereocenters. The number of nitrogens with zero attached hydrogens (tertiary/aromatic N) is 2. The predicted octanol–water partition coefficient (Wildman–Crippen LogP) is 1.20. The predicted molar refractivity (Wildman–Crippen MR) is 47.6 cm³/mol. The van der Waals surface area contributed by atoms with Crippen LogP contribution in [0.1, 0.15) is 5.56 Å². The van der Waals surface area contributed by atoms with Crippen molar-refractivity contribution in [1.29, 1.82) is 0 Å². The fourth-order valence-corrected chi connectivity index (χ4v) is 1.13. The average molecular weight is 175 g/mol. The van der Waals surface area contributed by atoms with Gasteiger partial charge in [0.05, 0.1) is 0 Å². The van der Waals surface area contributed by atoms with E-state index in [4.69, 9.17) is 10.2 Å². The molecule has 13 heavy (non-hydrogen) atoms. The Morgan fingerprint density at radius 1 is 1.38 bits per heavy atom. The molecule has 2 N–H and O–H groups in total. The topological polar surface area (TPSA) is 64.9 Å². The van der Waals surface area contributed by atoms with Crippen molar-refractivity contribution < 1.29 is 4.42 Å². The van der Waals surface area contributed by atoms with Crippen LogP contribution in [-0.4, -0.2) is 10.2 Å². The monoisotopic (exact) mass is 175 g/mol. The molecule has 0 aliphatic carbocycles. The molecule has 0 amide bonds. The minimum Gasteiger partial charge on any atom is -0.423 e. The lowest BCUT2D eigenvalue weighted by atomic mass is 10.1. The van der Waals surface area contributed by atoms with Crippen molar-refractivity contribution >= 4 is 0 Å². The summed E-state index contributed by atoms with van der Waals surface area (Å²) in [5, 5.41) is 7.41. The highest BCUT2D eigenvalue weighted by Gasteiger charge is 2.02. The van der Waals surface area contributed by atoms with Crippen LogP contribution < -0.4 is 5.73 Å². The minimum absolute atomic E-state index is 0.516. The summed E-state index contributed by atoms with van der Waals surface area (Å²) in [6.07, 6.45) is 1.31. The van der Waals surface area contributed by atoms with Gasteiger partial charge in [-0.1, -0.05) is 12.1 Å². The van der Waals surface area contributed by atoms with Gasteiger partial charge in [0.1, 0.15) is 0 Å². The Balaban J connectivity index is 2.41. The van der Waals surface area contributed by atoms with E-state index in [1.807, 2.05) is 24.3 Å². The standard InChI is InChI=1S/C9H9N3O/c10-5-7-2-1-3-8(4-7)9-12-11-6-13-9/h1-4,6H,5,10H2.